The molecule has 1 aromatic heterocycles. The van der Waals surface area contributed by atoms with Crippen molar-refractivity contribution in [1.29, 1.82) is 0 Å². The van der Waals surface area contributed by atoms with Crippen LogP contribution in [0.25, 0.3) is 0 Å². The van der Waals surface area contributed by atoms with Crippen LogP contribution in [0.4, 0.5) is 0 Å². The fraction of sp³-hybridized carbons (Fsp3) is 0.500. The minimum atomic E-state index is 0.0844. The number of carbonyl (C=O) groups is 1. The van der Waals surface area contributed by atoms with Crippen LogP contribution in [0.1, 0.15) is 23.2 Å². The maximum atomic E-state index is 12.0. The maximum absolute atomic E-state index is 12.0. The van der Waals surface area contributed by atoms with E-state index >= 15 is 0 Å². The molecule has 1 aliphatic rings. The van der Waals surface area contributed by atoms with Crippen molar-refractivity contribution < 1.29 is 4.79 Å². The molecule has 0 atom stereocenters. The summed E-state index contributed by atoms with van der Waals surface area (Å²) in [7, 11) is 0. The van der Waals surface area contributed by atoms with Crippen LogP contribution >= 0.6 is 11.6 Å². The van der Waals surface area contributed by atoms with Gasteiger partial charge in [0, 0.05) is 31.4 Å². The summed E-state index contributed by atoms with van der Waals surface area (Å²) < 4.78 is 0. The molecule has 1 aliphatic heterocycles. The van der Waals surface area contributed by atoms with Crippen molar-refractivity contribution in [1.82, 2.24) is 9.88 Å². The van der Waals surface area contributed by atoms with E-state index in [4.69, 9.17) is 11.6 Å². The van der Waals surface area contributed by atoms with Crippen LogP contribution in [0, 0.1) is 5.92 Å². The molecule has 1 saturated heterocycles. The molecular weight excluding hydrogens is 224 g/mol. The minimum Gasteiger partial charge on any atom is -0.339 e. The minimum absolute atomic E-state index is 0.0844. The predicted octanol–water partition coefficient (Wildman–Crippen LogP) is 2.17. The first-order valence-electron chi connectivity index (χ1n) is 5.56. The number of alkyl halides is 1. The van der Waals surface area contributed by atoms with E-state index in [2.05, 4.69) is 4.98 Å². The lowest BCUT2D eigenvalue weighted by Crippen LogP contribution is -2.38. The monoisotopic (exact) mass is 238 g/mol. The summed E-state index contributed by atoms with van der Waals surface area (Å²) in [5.74, 6) is 1.36. The molecular formula is C12H15ClN2O. The number of hydrogen-bond acceptors (Lipinski definition) is 2. The zero-order chi connectivity index (χ0) is 11.4. The van der Waals surface area contributed by atoms with Crippen molar-refractivity contribution in [2.24, 2.45) is 5.92 Å². The second-order valence-electron chi connectivity index (χ2n) is 4.13. The van der Waals surface area contributed by atoms with Gasteiger partial charge in [0.2, 0.25) is 0 Å². The first-order chi connectivity index (χ1) is 7.81. The third-order valence-corrected chi connectivity index (χ3v) is 3.46. The van der Waals surface area contributed by atoms with Crippen molar-refractivity contribution in [3.05, 3.63) is 30.1 Å². The largest absolute Gasteiger partial charge is 0.339 e. The van der Waals surface area contributed by atoms with Crippen LogP contribution in [0.3, 0.4) is 0 Å². The second-order valence-corrected chi connectivity index (χ2v) is 4.44. The van der Waals surface area contributed by atoms with Gasteiger partial charge in [-0.15, -0.1) is 11.6 Å². The summed E-state index contributed by atoms with van der Waals surface area (Å²) in [4.78, 5) is 17.9. The van der Waals surface area contributed by atoms with E-state index in [0.717, 1.165) is 25.9 Å². The number of amides is 1. The average molecular weight is 239 g/mol. The van der Waals surface area contributed by atoms with E-state index in [9.17, 15) is 4.79 Å². The Bertz CT molecular complexity index is 347. The van der Waals surface area contributed by atoms with Gasteiger partial charge >= 0.3 is 0 Å². The molecule has 0 radical (unpaired) electrons. The Kier molecular flexibility index (Phi) is 3.78. The van der Waals surface area contributed by atoms with Gasteiger partial charge in [0.25, 0.3) is 5.91 Å². The van der Waals surface area contributed by atoms with Crippen LogP contribution in [-0.4, -0.2) is 34.8 Å². The molecule has 0 saturated carbocycles. The molecule has 0 spiro atoms. The van der Waals surface area contributed by atoms with Crippen molar-refractivity contribution in [2.45, 2.75) is 12.8 Å². The number of pyridine rings is 1. The van der Waals surface area contributed by atoms with Gasteiger partial charge in [-0.3, -0.25) is 9.78 Å². The average Bonchev–Trinajstić information content (AvgIpc) is 2.39. The van der Waals surface area contributed by atoms with Crippen LogP contribution in [0.5, 0.6) is 0 Å². The Hall–Kier alpha value is -1.09. The molecule has 1 fully saturated rings. The van der Waals surface area contributed by atoms with Crippen molar-refractivity contribution in [3.63, 3.8) is 0 Å². The Morgan fingerprint density at radius 1 is 1.50 bits per heavy atom. The lowest BCUT2D eigenvalue weighted by atomic mass is 9.98. The molecule has 1 aromatic rings. The third kappa shape index (κ3) is 2.53. The Balaban J connectivity index is 1.97. The van der Waals surface area contributed by atoms with E-state index in [-0.39, 0.29) is 5.91 Å². The van der Waals surface area contributed by atoms with Crippen molar-refractivity contribution in [3.8, 4) is 0 Å². The van der Waals surface area contributed by atoms with Gasteiger partial charge < -0.3 is 4.90 Å². The summed E-state index contributed by atoms with van der Waals surface area (Å²) in [6, 6.07) is 3.60. The van der Waals surface area contributed by atoms with Gasteiger partial charge in [0.1, 0.15) is 0 Å². The molecule has 2 heterocycles. The Labute approximate surface area is 100 Å². The number of likely N-dealkylation sites (tertiary alicyclic amines) is 1. The van der Waals surface area contributed by atoms with Gasteiger partial charge in [-0.05, 0) is 30.9 Å². The third-order valence-electron chi connectivity index (χ3n) is 3.03. The molecule has 16 heavy (non-hydrogen) atoms. The number of piperidine rings is 1. The van der Waals surface area contributed by atoms with Crippen molar-refractivity contribution in [2.75, 3.05) is 19.0 Å². The van der Waals surface area contributed by atoms with Crippen LogP contribution in [0.15, 0.2) is 24.5 Å². The number of nitrogens with zero attached hydrogens (tertiary/aromatic N) is 2. The molecule has 3 nitrogen and oxygen atoms in total. The smallest absolute Gasteiger partial charge is 0.255 e. The highest BCUT2D eigenvalue weighted by Crippen LogP contribution is 2.19. The molecule has 2 rings (SSSR count). The topological polar surface area (TPSA) is 33.2 Å². The normalized spacial score (nSPS) is 17.4. The Morgan fingerprint density at radius 3 is 2.81 bits per heavy atom. The van der Waals surface area contributed by atoms with E-state index in [1.807, 2.05) is 11.0 Å². The maximum Gasteiger partial charge on any atom is 0.255 e. The molecule has 0 bridgehead atoms. The van der Waals surface area contributed by atoms with Gasteiger partial charge in [0.15, 0.2) is 0 Å². The highest BCUT2D eigenvalue weighted by atomic mass is 35.5. The SMILES string of the molecule is O=C(c1cccnc1)N1CCC(CCl)CC1. The zero-order valence-corrected chi connectivity index (χ0v) is 9.86. The van der Waals surface area contributed by atoms with Gasteiger partial charge in [-0.25, -0.2) is 0 Å². The summed E-state index contributed by atoms with van der Waals surface area (Å²) in [5, 5.41) is 0. The van der Waals surface area contributed by atoms with Gasteiger partial charge in [-0.2, -0.15) is 0 Å². The molecule has 4 heteroatoms. The summed E-state index contributed by atoms with van der Waals surface area (Å²) in [6.07, 6.45) is 5.32. The van der Waals surface area contributed by atoms with Crippen LogP contribution in [0.2, 0.25) is 0 Å². The number of hydrogen-bond donors (Lipinski definition) is 0. The predicted molar refractivity (Wildman–Crippen MR) is 63.6 cm³/mol. The number of rotatable bonds is 2. The van der Waals surface area contributed by atoms with E-state index < -0.39 is 0 Å². The zero-order valence-electron chi connectivity index (χ0n) is 9.10. The quantitative estimate of drug-likeness (QED) is 0.740. The molecule has 0 N–H and O–H groups in total. The van der Waals surface area contributed by atoms with Crippen LogP contribution in [-0.2, 0) is 0 Å². The number of halogens is 1. The van der Waals surface area contributed by atoms with E-state index in [0.29, 0.717) is 17.4 Å². The molecule has 1 amide bonds. The second kappa shape index (κ2) is 5.30. The first-order valence-corrected chi connectivity index (χ1v) is 6.10. The first kappa shape index (κ1) is 11.4. The number of carbonyl (C=O) groups excluding carboxylic acids is 1. The fourth-order valence-corrected chi connectivity index (χ4v) is 2.27. The summed E-state index contributed by atoms with van der Waals surface area (Å²) in [5.41, 5.74) is 0.673. The highest BCUT2D eigenvalue weighted by molar-refractivity contribution is 6.18. The molecule has 0 unspecified atom stereocenters. The van der Waals surface area contributed by atoms with Gasteiger partial charge in [-0.1, -0.05) is 0 Å². The lowest BCUT2D eigenvalue weighted by molar-refractivity contribution is 0.0698. The summed E-state index contributed by atoms with van der Waals surface area (Å²) in [6.45, 7) is 1.62. The Morgan fingerprint density at radius 2 is 2.25 bits per heavy atom. The van der Waals surface area contributed by atoms with Crippen molar-refractivity contribution >= 4 is 17.5 Å². The van der Waals surface area contributed by atoms with E-state index in [1.165, 1.54) is 0 Å². The molecule has 86 valence electrons. The highest BCUT2D eigenvalue weighted by Gasteiger charge is 2.22. The molecule has 0 aromatic carbocycles. The number of aromatic nitrogens is 1. The lowest BCUT2D eigenvalue weighted by Gasteiger charge is -2.31. The molecule has 0 aliphatic carbocycles. The van der Waals surface area contributed by atoms with Crippen LogP contribution < -0.4 is 0 Å². The standard InChI is InChI=1S/C12H15ClN2O/c13-8-10-3-6-15(7-4-10)12(16)11-2-1-5-14-9-11/h1-2,5,9-10H,3-4,6-8H2. The fourth-order valence-electron chi connectivity index (χ4n) is 1.96. The summed E-state index contributed by atoms with van der Waals surface area (Å²) >= 11 is 5.81. The van der Waals surface area contributed by atoms with Gasteiger partial charge in [0.05, 0.1) is 5.56 Å². The van der Waals surface area contributed by atoms with E-state index in [1.54, 1.807) is 18.5 Å².